The summed E-state index contributed by atoms with van der Waals surface area (Å²) in [6, 6.07) is -0.233. The summed E-state index contributed by atoms with van der Waals surface area (Å²) in [6.07, 6.45) is 15.2. The number of hydrogen-bond donors (Lipinski definition) is 2. The van der Waals surface area contributed by atoms with E-state index in [9.17, 15) is 9.90 Å². The third-order valence-corrected chi connectivity index (χ3v) is 3.94. The van der Waals surface area contributed by atoms with Crippen LogP contribution in [0.3, 0.4) is 0 Å². The van der Waals surface area contributed by atoms with E-state index >= 15 is 0 Å². The van der Waals surface area contributed by atoms with Crippen LogP contribution in [0.5, 0.6) is 0 Å². The van der Waals surface area contributed by atoms with Crippen molar-refractivity contribution in [1.82, 2.24) is 5.32 Å². The maximum atomic E-state index is 12.4. The van der Waals surface area contributed by atoms with Crippen molar-refractivity contribution in [3.05, 3.63) is 59.6 Å². The minimum absolute atomic E-state index is 0.0750. The molecule has 3 atom stereocenters. The second kappa shape index (κ2) is 6.05. The van der Waals surface area contributed by atoms with Gasteiger partial charge in [0, 0.05) is 6.21 Å². The zero-order valence-corrected chi connectivity index (χ0v) is 12.3. The lowest BCUT2D eigenvalue weighted by atomic mass is 9.89. The summed E-state index contributed by atoms with van der Waals surface area (Å²) >= 11 is 0. The van der Waals surface area contributed by atoms with E-state index in [1.165, 1.54) is 6.21 Å². The number of allylic oxidation sites excluding steroid dienone is 3. The zero-order chi connectivity index (χ0) is 15.5. The van der Waals surface area contributed by atoms with Gasteiger partial charge >= 0.3 is 0 Å². The van der Waals surface area contributed by atoms with Crippen molar-refractivity contribution < 1.29 is 14.6 Å². The summed E-state index contributed by atoms with van der Waals surface area (Å²) in [6.45, 7) is 0. The molecule has 3 unspecified atom stereocenters. The molecule has 2 N–H and O–H groups in total. The molecule has 5 nitrogen and oxygen atoms in total. The summed E-state index contributed by atoms with van der Waals surface area (Å²) in [5.41, 5.74) is 0.233. The van der Waals surface area contributed by atoms with Gasteiger partial charge < -0.3 is 15.2 Å². The maximum absolute atomic E-state index is 12.4. The summed E-state index contributed by atoms with van der Waals surface area (Å²) in [5, 5.41) is 13.2. The minimum Gasteiger partial charge on any atom is -0.511 e. The van der Waals surface area contributed by atoms with Crippen LogP contribution in [0.25, 0.3) is 0 Å². The zero-order valence-electron chi connectivity index (χ0n) is 12.3. The molecule has 5 heteroatoms. The number of carbonyl (C=O) groups is 1. The van der Waals surface area contributed by atoms with Gasteiger partial charge in [-0.05, 0) is 18.6 Å². The number of hydrogen-bond acceptors (Lipinski definition) is 4. The molecular weight excluding hydrogens is 280 g/mol. The number of aliphatic hydroxyl groups is 1. The van der Waals surface area contributed by atoms with Crippen LogP contribution in [-0.4, -0.2) is 36.4 Å². The smallest absolute Gasteiger partial charge is 0.256 e. The van der Waals surface area contributed by atoms with Crippen LogP contribution < -0.4 is 5.32 Å². The predicted molar refractivity (Wildman–Crippen MR) is 84.5 cm³/mol. The molecular formula is C17H18N2O3. The fraction of sp³-hybridized carbons (Fsp3) is 0.294. The largest absolute Gasteiger partial charge is 0.511 e. The standard InChI is InChI=1S/C17H18N2O3/c1-22-12-8-6-11(7-9-12)19-17(21)14-10-18-15-5-3-2-4-13(15)16(14)20/h2-6,8-11,13,15,20H,7H2,1H3,(H,19,21). The van der Waals surface area contributed by atoms with E-state index in [-0.39, 0.29) is 35.2 Å². The minimum atomic E-state index is -0.313. The van der Waals surface area contributed by atoms with Crippen LogP contribution in [0.1, 0.15) is 6.42 Å². The van der Waals surface area contributed by atoms with E-state index in [0.29, 0.717) is 6.42 Å². The van der Waals surface area contributed by atoms with Gasteiger partial charge in [0.2, 0.25) is 0 Å². The summed E-state index contributed by atoms with van der Waals surface area (Å²) in [4.78, 5) is 16.7. The third kappa shape index (κ3) is 2.74. The molecule has 0 fully saturated rings. The fourth-order valence-electron chi connectivity index (χ4n) is 2.68. The monoisotopic (exact) mass is 298 g/mol. The molecule has 0 spiro atoms. The molecule has 114 valence electrons. The molecule has 0 radical (unpaired) electrons. The lowest BCUT2D eigenvalue weighted by Gasteiger charge is -2.26. The SMILES string of the molecule is COC1=CCC(NC(=O)C2=C(O)C3C=CC=CC3N=C2)C=C1. The van der Waals surface area contributed by atoms with Crippen molar-refractivity contribution in [2.24, 2.45) is 10.9 Å². The average Bonchev–Trinajstić information content (AvgIpc) is 2.56. The van der Waals surface area contributed by atoms with Crippen molar-refractivity contribution in [2.75, 3.05) is 7.11 Å². The second-order valence-corrected chi connectivity index (χ2v) is 5.35. The highest BCUT2D eigenvalue weighted by atomic mass is 16.5. The quantitative estimate of drug-likeness (QED) is 0.837. The third-order valence-electron chi connectivity index (χ3n) is 3.94. The fourth-order valence-corrected chi connectivity index (χ4v) is 2.68. The number of carbonyl (C=O) groups excluding carboxylic acids is 1. The van der Waals surface area contributed by atoms with Gasteiger partial charge in [-0.3, -0.25) is 9.79 Å². The van der Waals surface area contributed by atoms with Gasteiger partial charge in [-0.25, -0.2) is 0 Å². The number of dihydropyridines is 1. The number of amides is 1. The molecule has 0 bridgehead atoms. The average molecular weight is 298 g/mol. The van der Waals surface area contributed by atoms with Gasteiger partial charge in [0.25, 0.3) is 5.91 Å². The molecule has 1 aliphatic heterocycles. The van der Waals surface area contributed by atoms with Crippen molar-refractivity contribution in [3.8, 4) is 0 Å². The maximum Gasteiger partial charge on any atom is 0.256 e. The molecule has 2 aliphatic carbocycles. The predicted octanol–water partition coefficient (Wildman–Crippen LogP) is 1.97. The van der Waals surface area contributed by atoms with Crippen LogP contribution in [0.15, 0.2) is 64.6 Å². The van der Waals surface area contributed by atoms with Crippen molar-refractivity contribution in [2.45, 2.75) is 18.5 Å². The van der Waals surface area contributed by atoms with Gasteiger partial charge in [0.15, 0.2) is 0 Å². The Hall–Kier alpha value is -2.56. The highest BCUT2D eigenvalue weighted by molar-refractivity contribution is 6.13. The first-order chi connectivity index (χ1) is 10.7. The Labute approximate surface area is 129 Å². The van der Waals surface area contributed by atoms with Gasteiger partial charge in [-0.1, -0.05) is 30.4 Å². The topological polar surface area (TPSA) is 70.9 Å². The van der Waals surface area contributed by atoms with E-state index in [2.05, 4.69) is 10.3 Å². The molecule has 0 aromatic heterocycles. The Kier molecular flexibility index (Phi) is 3.96. The van der Waals surface area contributed by atoms with Crippen molar-refractivity contribution >= 4 is 12.1 Å². The van der Waals surface area contributed by atoms with E-state index in [0.717, 1.165) is 5.76 Å². The summed E-state index contributed by atoms with van der Waals surface area (Å²) in [5.74, 6) is 0.295. The van der Waals surface area contributed by atoms with Crippen LogP contribution in [0.4, 0.5) is 0 Å². The number of aliphatic hydroxyl groups excluding tert-OH is 1. The van der Waals surface area contributed by atoms with Gasteiger partial charge in [0.1, 0.15) is 11.5 Å². The highest BCUT2D eigenvalue weighted by Gasteiger charge is 2.30. The van der Waals surface area contributed by atoms with Crippen molar-refractivity contribution in [3.63, 3.8) is 0 Å². The second-order valence-electron chi connectivity index (χ2n) is 5.35. The highest BCUT2D eigenvalue weighted by Crippen LogP contribution is 2.27. The molecule has 1 heterocycles. The molecule has 0 aromatic rings. The first-order valence-electron chi connectivity index (χ1n) is 7.23. The molecule has 0 saturated carbocycles. The van der Waals surface area contributed by atoms with Gasteiger partial charge in [0.05, 0.1) is 30.7 Å². The number of nitrogens with zero attached hydrogens (tertiary/aromatic N) is 1. The van der Waals surface area contributed by atoms with E-state index in [1.807, 2.05) is 42.5 Å². The van der Waals surface area contributed by atoms with Crippen LogP contribution in [-0.2, 0) is 9.53 Å². The van der Waals surface area contributed by atoms with E-state index in [1.54, 1.807) is 7.11 Å². The summed E-state index contributed by atoms with van der Waals surface area (Å²) in [7, 11) is 1.61. The van der Waals surface area contributed by atoms with E-state index in [4.69, 9.17) is 4.74 Å². The Morgan fingerprint density at radius 2 is 2.18 bits per heavy atom. The number of fused-ring (bicyclic) bond motifs is 1. The lowest BCUT2D eigenvalue weighted by molar-refractivity contribution is -0.117. The van der Waals surface area contributed by atoms with Gasteiger partial charge in [-0.15, -0.1) is 0 Å². The summed E-state index contributed by atoms with van der Waals surface area (Å²) < 4.78 is 5.11. The first-order valence-corrected chi connectivity index (χ1v) is 7.23. The van der Waals surface area contributed by atoms with Crippen LogP contribution in [0, 0.1) is 5.92 Å². The number of nitrogens with one attached hydrogen (secondary N) is 1. The Balaban J connectivity index is 1.69. The Morgan fingerprint density at radius 3 is 2.91 bits per heavy atom. The van der Waals surface area contributed by atoms with Crippen molar-refractivity contribution in [1.29, 1.82) is 0 Å². The van der Waals surface area contributed by atoms with Gasteiger partial charge in [-0.2, -0.15) is 0 Å². The normalized spacial score (nSPS) is 29.1. The molecule has 1 amide bonds. The number of rotatable bonds is 3. The van der Waals surface area contributed by atoms with Crippen LogP contribution in [0.2, 0.25) is 0 Å². The van der Waals surface area contributed by atoms with Crippen LogP contribution >= 0.6 is 0 Å². The Bertz CT molecular complexity index is 653. The number of methoxy groups -OCH3 is 1. The molecule has 0 aromatic carbocycles. The van der Waals surface area contributed by atoms with E-state index < -0.39 is 0 Å². The number of ether oxygens (including phenoxy) is 1. The molecule has 3 aliphatic rings. The molecule has 22 heavy (non-hydrogen) atoms. The first kappa shape index (κ1) is 14.4. The lowest BCUT2D eigenvalue weighted by Crippen LogP contribution is -2.38. The Morgan fingerprint density at radius 1 is 1.36 bits per heavy atom. The molecule has 3 rings (SSSR count). The number of aliphatic imine (C=N–C) groups is 1. The molecule has 0 saturated heterocycles.